The second-order valence-corrected chi connectivity index (χ2v) is 5.87. The first-order valence-electron chi connectivity index (χ1n) is 7.50. The topological polar surface area (TPSA) is 30.5 Å². The van der Waals surface area contributed by atoms with Crippen LogP contribution < -0.4 is 10.6 Å². The SMILES string of the molecule is Clc1ccccc1C(N1CCNCC1)N1CCNCC1. The molecule has 0 unspecified atom stereocenters. The molecule has 110 valence electrons. The van der Waals surface area contributed by atoms with E-state index in [0.717, 1.165) is 57.4 Å². The fraction of sp³-hybridized carbons (Fsp3) is 0.600. The summed E-state index contributed by atoms with van der Waals surface area (Å²) in [7, 11) is 0. The highest BCUT2D eigenvalue weighted by molar-refractivity contribution is 6.31. The predicted molar refractivity (Wildman–Crippen MR) is 83.1 cm³/mol. The molecule has 0 spiro atoms. The maximum Gasteiger partial charge on any atom is 0.0902 e. The lowest BCUT2D eigenvalue weighted by molar-refractivity contribution is 0.0243. The van der Waals surface area contributed by atoms with Gasteiger partial charge in [0.2, 0.25) is 0 Å². The van der Waals surface area contributed by atoms with E-state index in [2.05, 4.69) is 32.6 Å². The van der Waals surface area contributed by atoms with Crippen LogP contribution in [-0.2, 0) is 0 Å². The van der Waals surface area contributed by atoms with Crippen molar-refractivity contribution in [2.75, 3.05) is 52.4 Å². The number of benzene rings is 1. The number of halogens is 1. The second kappa shape index (κ2) is 6.87. The summed E-state index contributed by atoms with van der Waals surface area (Å²) < 4.78 is 0. The molecular weight excluding hydrogens is 272 g/mol. The average Bonchev–Trinajstić information content (AvgIpc) is 2.52. The van der Waals surface area contributed by atoms with E-state index in [1.807, 2.05) is 12.1 Å². The van der Waals surface area contributed by atoms with Gasteiger partial charge < -0.3 is 10.6 Å². The summed E-state index contributed by atoms with van der Waals surface area (Å²) in [6.45, 7) is 8.58. The Kier molecular flexibility index (Phi) is 4.91. The molecular formula is C15H23ClN4. The predicted octanol–water partition coefficient (Wildman–Crippen LogP) is 1.15. The van der Waals surface area contributed by atoms with Crippen LogP contribution in [0.15, 0.2) is 24.3 Å². The summed E-state index contributed by atoms with van der Waals surface area (Å²) in [6, 6.07) is 8.29. The van der Waals surface area contributed by atoms with Gasteiger partial charge in [-0.25, -0.2) is 0 Å². The zero-order valence-electron chi connectivity index (χ0n) is 11.8. The Morgan fingerprint density at radius 3 is 1.85 bits per heavy atom. The minimum atomic E-state index is 0.313. The van der Waals surface area contributed by atoms with E-state index < -0.39 is 0 Å². The summed E-state index contributed by atoms with van der Waals surface area (Å²) in [5, 5.41) is 7.75. The number of hydrogen-bond donors (Lipinski definition) is 2. The van der Waals surface area contributed by atoms with E-state index in [1.165, 1.54) is 5.56 Å². The van der Waals surface area contributed by atoms with Crippen molar-refractivity contribution in [3.63, 3.8) is 0 Å². The molecule has 3 rings (SSSR count). The van der Waals surface area contributed by atoms with E-state index in [1.54, 1.807) is 0 Å². The van der Waals surface area contributed by atoms with E-state index in [-0.39, 0.29) is 0 Å². The fourth-order valence-corrected chi connectivity index (χ4v) is 3.40. The van der Waals surface area contributed by atoms with Crippen molar-refractivity contribution in [2.45, 2.75) is 6.17 Å². The molecule has 2 saturated heterocycles. The lowest BCUT2D eigenvalue weighted by atomic mass is 10.1. The molecule has 0 radical (unpaired) electrons. The number of nitrogens with one attached hydrogen (secondary N) is 2. The molecule has 2 fully saturated rings. The van der Waals surface area contributed by atoms with Crippen LogP contribution in [0, 0.1) is 0 Å². The molecule has 4 nitrogen and oxygen atoms in total. The van der Waals surface area contributed by atoms with E-state index >= 15 is 0 Å². The molecule has 2 aliphatic rings. The molecule has 1 aromatic carbocycles. The molecule has 0 bridgehead atoms. The average molecular weight is 295 g/mol. The van der Waals surface area contributed by atoms with Gasteiger partial charge in [0.1, 0.15) is 0 Å². The standard InChI is InChI=1S/C15H23ClN4/c16-14-4-2-1-3-13(14)15(19-9-5-17-6-10-19)20-11-7-18-8-12-20/h1-4,15,17-18H,5-12H2. The van der Waals surface area contributed by atoms with Gasteiger partial charge in [0.25, 0.3) is 0 Å². The van der Waals surface area contributed by atoms with Gasteiger partial charge in [0.05, 0.1) is 6.17 Å². The van der Waals surface area contributed by atoms with Crippen molar-refractivity contribution >= 4 is 11.6 Å². The normalized spacial score (nSPS) is 22.3. The van der Waals surface area contributed by atoms with Crippen molar-refractivity contribution < 1.29 is 0 Å². The Bertz CT molecular complexity index is 410. The molecule has 0 atom stereocenters. The smallest absolute Gasteiger partial charge is 0.0902 e. The second-order valence-electron chi connectivity index (χ2n) is 5.47. The van der Waals surface area contributed by atoms with Gasteiger partial charge in [0.15, 0.2) is 0 Å². The van der Waals surface area contributed by atoms with Crippen LogP contribution in [0.2, 0.25) is 5.02 Å². The van der Waals surface area contributed by atoms with Crippen LogP contribution in [-0.4, -0.2) is 62.2 Å². The molecule has 1 aromatic rings. The number of piperazine rings is 2. The molecule has 0 saturated carbocycles. The Labute approximate surface area is 126 Å². The summed E-state index contributed by atoms with van der Waals surface area (Å²) in [4.78, 5) is 5.12. The summed E-state index contributed by atoms with van der Waals surface area (Å²) in [5.74, 6) is 0. The third-order valence-corrected chi connectivity index (χ3v) is 4.52. The van der Waals surface area contributed by atoms with Gasteiger partial charge >= 0.3 is 0 Å². The molecule has 2 aliphatic heterocycles. The minimum absolute atomic E-state index is 0.313. The highest BCUT2D eigenvalue weighted by atomic mass is 35.5. The minimum Gasteiger partial charge on any atom is -0.314 e. The Morgan fingerprint density at radius 2 is 1.35 bits per heavy atom. The van der Waals surface area contributed by atoms with Crippen LogP contribution in [0.5, 0.6) is 0 Å². The third kappa shape index (κ3) is 3.15. The molecule has 0 amide bonds. The van der Waals surface area contributed by atoms with Gasteiger partial charge in [-0.15, -0.1) is 0 Å². The lowest BCUT2D eigenvalue weighted by Gasteiger charge is -2.43. The lowest BCUT2D eigenvalue weighted by Crippen LogP contribution is -2.54. The van der Waals surface area contributed by atoms with Crippen molar-refractivity contribution in [3.8, 4) is 0 Å². The fourth-order valence-electron chi connectivity index (χ4n) is 3.16. The number of hydrogen-bond acceptors (Lipinski definition) is 4. The highest BCUT2D eigenvalue weighted by Crippen LogP contribution is 2.30. The van der Waals surface area contributed by atoms with Gasteiger partial charge in [0, 0.05) is 62.9 Å². The summed E-state index contributed by atoms with van der Waals surface area (Å²) in [5.41, 5.74) is 1.25. The quantitative estimate of drug-likeness (QED) is 0.876. The molecule has 5 heteroatoms. The van der Waals surface area contributed by atoms with Crippen LogP contribution >= 0.6 is 11.6 Å². The van der Waals surface area contributed by atoms with Crippen LogP contribution in [0.4, 0.5) is 0 Å². The van der Waals surface area contributed by atoms with E-state index in [0.29, 0.717) is 6.17 Å². The Hall–Kier alpha value is -0.650. The first kappa shape index (κ1) is 14.3. The number of nitrogens with zero attached hydrogens (tertiary/aromatic N) is 2. The zero-order valence-corrected chi connectivity index (χ0v) is 12.6. The Balaban J connectivity index is 1.87. The highest BCUT2D eigenvalue weighted by Gasteiger charge is 2.29. The zero-order chi connectivity index (χ0) is 13.8. The third-order valence-electron chi connectivity index (χ3n) is 4.18. The van der Waals surface area contributed by atoms with Crippen molar-refractivity contribution in [1.82, 2.24) is 20.4 Å². The van der Waals surface area contributed by atoms with Crippen LogP contribution in [0.25, 0.3) is 0 Å². The molecule has 2 heterocycles. The first-order valence-corrected chi connectivity index (χ1v) is 7.88. The molecule has 2 N–H and O–H groups in total. The van der Waals surface area contributed by atoms with E-state index in [4.69, 9.17) is 11.6 Å². The molecule has 0 aromatic heterocycles. The van der Waals surface area contributed by atoms with Gasteiger partial charge in [-0.3, -0.25) is 9.80 Å². The van der Waals surface area contributed by atoms with E-state index in [9.17, 15) is 0 Å². The van der Waals surface area contributed by atoms with Crippen molar-refractivity contribution in [1.29, 1.82) is 0 Å². The monoisotopic (exact) mass is 294 g/mol. The van der Waals surface area contributed by atoms with Gasteiger partial charge in [-0.05, 0) is 6.07 Å². The van der Waals surface area contributed by atoms with Crippen LogP contribution in [0.3, 0.4) is 0 Å². The molecule has 20 heavy (non-hydrogen) atoms. The van der Waals surface area contributed by atoms with Gasteiger partial charge in [-0.1, -0.05) is 29.8 Å². The largest absolute Gasteiger partial charge is 0.314 e. The number of rotatable bonds is 3. The Morgan fingerprint density at radius 1 is 0.850 bits per heavy atom. The molecule has 0 aliphatic carbocycles. The van der Waals surface area contributed by atoms with Crippen molar-refractivity contribution in [3.05, 3.63) is 34.9 Å². The maximum atomic E-state index is 6.47. The maximum absolute atomic E-state index is 6.47. The summed E-state index contributed by atoms with van der Waals surface area (Å²) >= 11 is 6.47. The summed E-state index contributed by atoms with van der Waals surface area (Å²) in [6.07, 6.45) is 0.313. The first-order chi connectivity index (χ1) is 9.86. The van der Waals surface area contributed by atoms with Gasteiger partial charge in [-0.2, -0.15) is 0 Å². The van der Waals surface area contributed by atoms with Crippen LogP contribution in [0.1, 0.15) is 11.7 Å². The van der Waals surface area contributed by atoms with Crippen molar-refractivity contribution in [2.24, 2.45) is 0 Å².